The van der Waals surface area contributed by atoms with Crippen molar-refractivity contribution >= 4 is 5.69 Å². The number of piperidine rings is 1. The van der Waals surface area contributed by atoms with Gasteiger partial charge < -0.3 is 5.73 Å². The number of hydrogen-bond acceptors (Lipinski definition) is 2. The first kappa shape index (κ1) is 11.2. The molecule has 0 bridgehead atoms. The lowest BCUT2D eigenvalue weighted by Crippen LogP contribution is -2.32. The van der Waals surface area contributed by atoms with Crippen molar-refractivity contribution in [3.05, 3.63) is 42.5 Å². The molecule has 1 saturated heterocycles. The second-order valence-corrected chi connectivity index (χ2v) is 4.53. The molecule has 1 aliphatic rings. The van der Waals surface area contributed by atoms with Gasteiger partial charge in [0.2, 0.25) is 0 Å². The normalized spacial score (nSPS) is 18.5. The number of hydrogen-bond donors (Lipinski definition) is 1. The molecule has 1 aromatic rings. The van der Waals surface area contributed by atoms with Crippen LogP contribution < -0.4 is 5.73 Å². The Kier molecular flexibility index (Phi) is 3.62. The van der Waals surface area contributed by atoms with Crippen LogP contribution in [-0.4, -0.2) is 24.5 Å². The van der Waals surface area contributed by atoms with Crippen LogP contribution in [0.3, 0.4) is 0 Å². The summed E-state index contributed by atoms with van der Waals surface area (Å²) in [7, 11) is 0. The zero-order chi connectivity index (χ0) is 11.4. The highest BCUT2D eigenvalue weighted by Gasteiger charge is 2.19. The highest BCUT2D eigenvalue weighted by molar-refractivity contribution is 5.40. The summed E-state index contributed by atoms with van der Waals surface area (Å²) in [5.74, 6) is 0.710. The van der Waals surface area contributed by atoms with Gasteiger partial charge in [-0.25, -0.2) is 0 Å². The molecule has 0 spiro atoms. The van der Waals surface area contributed by atoms with Crippen LogP contribution >= 0.6 is 0 Å². The third-order valence-corrected chi connectivity index (χ3v) is 3.38. The Hall–Kier alpha value is -1.28. The van der Waals surface area contributed by atoms with Crippen LogP contribution in [-0.2, 0) is 0 Å². The Bertz CT molecular complexity index is 334. The summed E-state index contributed by atoms with van der Waals surface area (Å²) >= 11 is 0. The summed E-state index contributed by atoms with van der Waals surface area (Å²) < 4.78 is 0. The second-order valence-electron chi connectivity index (χ2n) is 4.53. The van der Waals surface area contributed by atoms with E-state index in [1.807, 2.05) is 18.2 Å². The zero-order valence-corrected chi connectivity index (χ0v) is 9.73. The Labute approximate surface area is 97.8 Å². The third kappa shape index (κ3) is 2.64. The molecule has 0 radical (unpaired) electrons. The maximum absolute atomic E-state index is 5.70. The molecule has 0 amide bonds. The molecular formula is C14H20N2. The van der Waals surface area contributed by atoms with Gasteiger partial charge >= 0.3 is 0 Å². The maximum atomic E-state index is 5.70. The lowest BCUT2D eigenvalue weighted by atomic mass is 9.89. The summed E-state index contributed by atoms with van der Waals surface area (Å²) in [6, 6.07) is 8.35. The average molecular weight is 216 g/mol. The van der Waals surface area contributed by atoms with Crippen LogP contribution in [0, 0.1) is 0 Å². The van der Waals surface area contributed by atoms with Crippen LogP contribution in [0.5, 0.6) is 0 Å². The van der Waals surface area contributed by atoms with Crippen LogP contribution in [0.4, 0.5) is 5.69 Å². The molecule has 2 heteroatoms. The van der Waals surface area contributed by atoms with Crippen molar-refractivity contribution in [1.82, 2.24) is 4.90 Å². The molecule has 0 unspecified atom stereocenters. The second kappa shape index (κ2) is 5.17. The van der Waals surface area contributed by atoms with E-state index in [0.29, 0.717) is 5.92 Å². The molecular weight excluding hydrogens is 196 g/mol. The van der Waals surface area contributed by atoms with Gasteiger partial charge in [0.05, 0.1) is 0 Å². The van der Waals surface area contributed by atoms with Crippen molar-refractivity contribution in [1.29, 1.82) is 0 Å². The van der Waals surface area contributed by atoms with Gasteiger partial charge in [-0.1, -0.05) is 18.2 Å². The summed E-state index contributed by atoms with van der Waals surface area (Å²) in [6.07, 6.45) is 4.49. The summed E-state index contributed by atoms with van der Waals surface area (Å²) in [5.41, 5.74) is 7.99. The molecule has 0 saturated carbocycles. The number of benzene rings is 1. The van der Waals surface area contributed by atoms with Crippen LogP contribution in [0.15, 0.2) is 36.9 Å². The van der Waals surface area contributed by atoms with Crippen molar-refractivity contribution in [3.63, 3.8) is 0 Å². The molecule has 0 aromatic heterocycles. The first-order valence-corrected chi connectivity index (χ1v) is 5.98. The Balaban J connectivity index is 1.93. The number of rotatable bonds is 3. The van der Waals surface area contributed by atoms with Crippen molar-refractivity contribution in [2.45, 2.75) is 18.8 Å². The highest BCUT2D eigenvalue weighted by Crippen LogP contribution is 2.28. The van der Waals surface area contributed by atoms with E-state index in [4.69, 9.17) is 5.73 Å². The van der Waals surface area contributed by atoms with Crippen molar-refractivity contribution in [3.8, 4) is 0 Å². The van der Waals surface area contributed by atoms with E-state index in [1.165, 1.54) is 31.5 Å². The molecule has 0 atom stereocenters. The minimum Gasteiger partial charge on any atom is -0.399 e. The predicted molar refractivity (Wildman–Crippen MR) is 69.5 cm³/mol. The molecule has 2 rings (SSSR count). The summed E-state index contributed by atoms with van der Waals surface area (Å²) in [5, 5.41) is 0. The SMILES string of the molecule is C=CCN1CCC(c2ccc(N)cc2)CC1. The van der Waals surface area contributed by atoms with Gasteiger partial charge in [0.1, 0.15) is 0 Å². The van der Waals surface area contributed by atoms with E-state index >= 15 is 0 Å². The van der Waals surface area contributed by atoms with E-state index in [0.717, 1.165) is 12.2 Å². The number of anilines is 1. The minimum atomic E-state index is 0.710. The first-order chi connectivity index (χ1) is 7.79. The van der Waals surface area contributed by atoms with Crippen molar-refractivity contribution in [2.24, 2.45) is 0 Å². The van der Waals surface area contributed by atoms with E-state index in [9.17, 15) is 0 Å². The third-order valence-electron chi connectivity index (χ3n) is 3.38. The van der Waals surface area contributed by atoms with Crippen molar-refractivity contribution in [2.75, 3.05) is 25.4 Å². The van der Waals surface area contributed by atoms with Gasteiger partial charge in [0.25, 0.3) is 0 Å². The van der Waals surface area contributed by atoms with Gasteiger partial charge in [-0.15, -0.1) is 6.58 Å². The molecule has 1 aromatic carbocycles. The first-order valence-electron chi connectivity index (χ1n) is 5.98. The van der Waals surface area contributed by atoms with Crippen LogP contribution in [0.2, 0.25) is 0 Å². The molecule has 86 valence electrons. The van der Waals surface area contributed by atoms with Crippen LogP contribution in [0.25, 0.3) is 0 Å². The van der Waals surface area contributed by atoms with Crippen LogP contribution in [0.1, 0.15) is 24.3 Å². The fourth-order valence-corrected chi connectivity index (χ4v) is 2.40. The lowest BCUT2D eigenvalue weighted by molar-refractivity contribution is 0.232. The summed E-state index contributed by atoms with van der Waals surface area (Å²) in [6.45, 7) is 7.17. The number of nitrogens with zero attached hydrogens (tertiary/aromatic N) is 1. The number of nitrogens with two attached hydrogens (primary N) is 1. The van der Waals surface area contributed by atoms with Gasteiger partial charge in [0, 0.05) is 12.2 Å². The van der Waals surface area contributed by atoms with E-state index in [1.54, 1.807) is 0 Å². The molecule has 0 aliphatic carbocycles. The smallest absolute Gasteiger partial charge is 0.0314 e. The number of likely N-dealkylation sites (tertiary alicyclic amines) is 1. The molecule has 16 heavy (non-hydrogen) atoms. The zero-order valence-electron chi connectivity index (χ0n) is 9.73. The Morgan fingerprint density at radius 2 is 1.88 bits per heavy atom. The maximum Gasteiger partial charge on any atom is 0.0314 e. The van der Waals surface area contributed by atoms with Crippen molar-refractivity contribution < 1.29 is 0 Å². The van der Waals surface area contributed by atoms with E-state index in [-0.39, 0.29) is 0 Å². The lowest BCUT2D eigenvalue weighted by Gasteiger charge is -2.31. The number of nitrogen functional groups attached to an aromatic ring is 1. The van der Waals surface area contributed by atoms with E-state index in [2.05, 4.69) is 23.6 Å². The summed E-state index contributed by atoms with van der Waals surface area (Å²) in [4.78, 5) is 2.46. The Morgan fingerprint density at radius 3 is 2.44 bits per heavy atom. The van der Waals surface area contributed by atoms with E-state index < -0.39 is 0 Å². The molecule has 2 N–H and O–H groups in total. The molecule has 1 heterocycles. The quantitative estimate of drug-likeness (QED) is 0.621. The largest absolute Gasteiger partial charge is 0.399 e. The highest BCUT2D eigenvalue weighted by atomic mass is 15.1. The van der Waals surface area contributed by atoms with Gasteiger partial charge in [-0.3, -0.25) is 4.90 Å². The van der Waals surface area contributed by atoms with Gasteiger partial charge in [-0.05, 0) is 49.5 Å². The molecule has 2 nitrogen and oxygen atoms in total. The average Bonchev–Trinajstić information content (AvgIpc) is 2.32. The molecule has 1 aliphatic heterocycles. The fraction of sp³-hybridized carbons (Fsp3) is 0.429. The van der Waals surface area contributed by atoms with Gasteiger partial charge in [0.15, 0.2) is 0 Å². The fourth-order valence-electron chi connectivity index (χ4n) is 2.40. The van der Waals surface area contributed by atoms with Gasteiger partial charge in [-0.2, -0.15) is 0 Å². The molecule has 1 fully saturated rings. The minimum absolute atomic E-state index is 0.710. The topological polar surface area (TPSA) is 29.3 Å². The Morgan fingerprint density at radius 1 is 1.25 bits per heavy atom. The predicted octanol–water partition coefficient (Wildman–Crippen LogP) is 2.63. The standard InChI is InChI=1S/C14H20N2/c1-2-9-16-10-7-13(8-11-16)12-3-5-14(15)6-4-12/h2-6,13H,1,7-11,15H2. The monoisotopic (exact) mass is 216 g/mol.